The average molecular weight is 459 g/mol. The second-order valence-corrected chi connectivity index (χ2v) is 8.11. The molecule has 0 saturated heterocycles. The summed E-state index contributed by atoms with van der Waals surface area (Å²) in [6.45, 7) is 3.43. The van der Waals surface area contributed by atoms with Crippen molar-refractivity contribution in [3.05, 3.63) is 71.8 Å². The molecule has 9 heteroatoms. The van der Waals surface area contributed by atoms with Crippen LogP contribution in [-0.4, -0.2) is 53.2 Å². The lowest BCUT2D eigenvalue weighted by Crippen LogP contribution is -2.67. The summed E-state index contributed by atoms with van der Waals surface area (Å²) < 4.78 is 20.5. The molecule has 1 atom stereocenters. The van der Waals surface area contributed by atoms with Crippen LogP contribution in [0.2, 0.25) is 0 Å². The van der Waals surface area contributed by atoms with Crippen LogP contribution < -0.4 is 0 Å². The first-order valence-electron chi connectivity index (χ1n) is 10.2. The molecule has 0 radical (unpaired) electrons. The number of carbonyl (C=O) groups is 3. The Morgan fingerprint density at radius 2 is 1.33 bits per heavy atom. The predicted molar refractivity (Wildman–Crippen MR) is 118 cm³/mol. The van der Waals surface area contributed by atoms with Crippen molar-refractivity contribution in [1.29, 1.82) is 0 Å². The lowest BCUT2D eigenvalue weighted by Gasteiger charge is -2.45. The zero-order chi connectivity index (χ0) is 24.5. The van der Waals surface area contributed by atoms with Gasteiger partial charge < -0.3 is 24.1 Å². The fourth-order valence-electron chi connectivity index (χ4n) is 3.14. The number of hydrogen-bond acceptors (Lipinski definition) is 8. The van der Waals surface area contributed by atoms with Gasteiger partial charge >= 0.3 is 23.9 Å². The van der Waals surface area contributed by atoms with Crippen LogP contribution in [0.4, 0.5) is 9.59 Å². The van der Waals surface area contributed by atoms with Crippen molar-refractivity contribution in [1.82, 2.24) is 4.90 Å². The maximum atomic E-state index is 13.1. The minimum absolute atomic E-state index is 0.104. The third kappa shape index (κ3) is 6.69. The first kappa shape index (κ1) is 25.7. The molecule has 0 fully saturated rings. The van der Waals surface area contributed by atoms with Gasteiger partial charge in [-0.25, -0.2) is 14.4 Å². The Labute approximate surface area is 192 Å². The van der Waals surface area contributed by atoms with Gasteiger partial charge in [-0.3, -0.25) is 4.90 Å². The number of nitrogens with zero attached hydrogens (tertiary/aromatic N) is 1. The summed E-state index contributed by atoms with van der Waals surface area (Å²) in [6, 6.07) is 17.7. The molecule has 2 aromatic rings. The van der Waals surface area contributed by atoms with E-state index in [1.165, 1.54) is 0 Å². The highest BCUT2D eigenvalue weighted by Gasteiger charge is 2.56. The van der Waals surface area contributed by atoms with Gasteiger partial charge in [0.15, 0.2) is 0 Å². The van der Waals surface area contributed by atoms with Crippen molar-refractivity contribution in [2.24, 2.45) is 0 Å². The third-order valence-electron chi connectivity index (χ3n) is 4.59. The standard InChI is InChI=1S/C24H29NO8/c1-23(2,3)25(21(28)31-15-18-11-7-5-8-12-18)24(17-26,20(27)30-4)33-22(29)32-16-19-13-9-6-10-14-19/h5-14,26H,15-17H2,1-4H3/t24-/m1/s1. The summed E-state index contributed by atoms with van der Waals surface area (Å²) in [5.74, 6) is -1.17. The zero-order valence-corrected chi connectivity index (χ0v) is 19.1. The molecular formula is C24H29NO8. The van der Waals surface area contributed by atoms with E-state index in [-0.39, 0.29) is 13.2 Å². The molecule has 0 saturated carbocycles. The second kappa shape index (κ2) is 11.3. The second-order valence-electron chi connectivity index (χ2n) is 8.11. The summed E-state index contributed by atoms with van der Waals surface area (Å²) in [5.41, 5.74) is -2.29. The Balaban J connectivity index is 2.29. The SMILES string of the molecule is COC(=O)[C@@](CO)(OC(=O)OCc1ccccc1)N(C(=O)OCc1ccccc1)C(C)(C)C. The van der Waals surface area contributed by atoms with Crippen LogP contribution in [-0.2, 0) is 37.0 Å². The fourth-order valence-corrected chi connectivity index (χ4v) is 3.14. The van der Waals surface area contributed by atoms with Gasteiger partial charge in [0.05, 0.1) is 7.11 Å². The van der Waals surface area contributed by atoms with Crippen molar-refractivity contribution in [3.63, 3.8) is 0 Å². The van der Waals surface area contributed by atoms with Gasteiger partial charge in [-0.05, 0) is 31.9 Å². The lowest BCUT2D eigenvalue weighted by atomic mass is 10.0. The van der Waals surface area contributed by atoms with E-state index >= 15 is 0 Å². The van der Waals surface area contributed by atoms with Crippen LogP contribution >= 0.6 is 0 Å². The van der Waals surface area contributed by atoms with Gasteiger partial charge in [-0.1, -0.05) is 60.7 Å². The molecule has 2 rings (SSSR count). The van der Waals surface area contributed by atoms with E-state index in [1.807, 2.05) is 6.07 Å². The largest absolute Gasteiger partial charge is 0.511 e. The maximum absolute atomic E-state index is 13.1. The molecule has 0 spiro atoms. The Bertz CT molecular complexity index is 926. The minimum Gasteiger partial charge on any atom is -0.465 e. The normalized spacial score (nSPS) is 12.8. The van der Waals surface area contributed by atoms with Crippen molar-refractivity contribution in [2.75, 3.05) is 13.7 Å². The number of ether oxygens (including phenoxy) is 4. The van der Waals surface area contributed by atoms with Gasteiger partial charge in [0.1, 0.15) is 19.8 Å². The number of carbonyl (C=O) groups excluding carboxylic acids is 3. The molecule has 0 aromatic heterocycles. The average Bonchev–Trinajstić information content (AvgIpc) is 2.80. The molecule has 2 aromatic carbocycles. The number of hydrogen-bond donors (Lipinski definition) is 1. The van der Waals surface area contributed by atoms with E-state index in [0.29, 0.717) is 11.1 Å². The highest BCUT2D eigenvalue weighted by atomic mass is 16.8. The van der Waals surface area contributed by atoms with Crippen LogP contribution in [0.1, 0.15) is 31.9 Å². The molecule has 1 amide bonds. The quantitative estimate of drug-likeness (QED) is 0.362. The van der Waals surface area contributed by atoms with Crippen LogP contribution in [0, 0.1) is 0 Å². The fraction of sp³-hybridized carbons (Fsp3) is 0.375. The van der Waals surface area contributed by atoms with E-state index < -0.39 is 36.1 Å². The minimum atomic E-state index is -2.53. The molecule has 0 aliphatic heterocycles. The molecule has 1 N–H and O–H groups in total. The number of aliphatic hydroxyl groups is 1. The van der Waals surface area contributed by atoms with Crippen molar-refractivity contribution < 1.29 is 38.4 Å². The maximum Gasteiger partial charge on any atom is 0.511 e. The van der Waals surface area contributed by atoms with Gasteiger partial charge in [0.2, 0.25) is 0 Å². The summed E-state index contributed by atoms with van der Waals surface area (Å²) in [4.78, 5) is 39.2. The van der Waals surface area contributed by atoms with E-state index in [9.17, 15) is 19.5 Å². The van der Waals surface area contributed by atoms with Gasteiger partial charge in [-0.2, -0.15) is 0 Å². The summed E-state index contributed by atoms with van der Waals surface area (Å²) >= 11 is 0. The Kier molecular flexibility index (Phi) is 8.81. The van der Waals surface area contributed by atoms with E-state index in [4.69, 9.17) is 18.9 Å². The van der Waals surface area contributed by atoms with Crippen LogP contribution in [0.5, 0.6) is 0 Å². The van der Waals surface area contributed by atoms with Crippen LogP contribution in [0.3, 0.4) is 0 Å². The first-order chi connectivity index (χ1) is 15.6. The van der Waals surface area contributed by atoms with Crippen LogP contribution in [0.25, 0.3) is 0 Å². The van der Waals surface area contributed by atoms with E-state index in [2.05, 4.69) is 0 Å². The topological polar surface area (TPSA) is 112 Å². The van der Waals surface area contributed by atoms with Gasteiger partial charge in [-0.15, -0.1) is 0 Å². The number of methoxy groups -OCH3 is 1. The Hall–Kier alpha value is -3.59. The van der Waals surface area contributed by atoms with Gasteiger partial charge in [0, 0.05) is 5.54 Å². The molecule has 178 valence electrons. The highest BCUT2D eigenvalue weighted by molar-refractivity contribution is 5.86. The van der Waals surface area contributed by atoms with Crippen molar-refractivity contribution in [2.45, 2.75) is 45.2 Å². The number of rotatable bonds is 8. The number of benzene rings is 2. The van der Waals surface area contributed by atoms with E-state index in [0.717, 1.165) is 12.0 Å². The lowest BCUT2D eigenvalue weighted by molar-refractivity contribution is -0.206. The molecule has 9 nitrogen and oxygen atoms in total. The van der Waals surface area contributed by atoms with Crippen molar-refractivity contribution >= 4 is 18.2 Å². The molecule has 0 heterocycles. The number of amides is 1. The highest BCUT2D eigenvalue weighted by Crippen LogP contribution is 2.30. The Morgan fingerprint density at radius 1 is 0.848 bits per heavy atom. The number of esters is 1. The van der Waals surface area contributed by atoms with E-state index in [1.54, 1.807) is 75.4 Å². The molecule has 0 bridgehead atoms. The monoisotopic (exact) mass is 459 g/mol. The first-order valence-corrected chi connectivity index (χ1v) is 10.2. The van der Waals surface area contributed by atoms with Crippen molar-refractivity contribution in [3.8, 4) is 0 Å². The molecule has 33 heavy (non-hydrogen) atoms. The number of aliphatic hydroxyl groups excluding tert-OH is 1. The van der Waals surface area contributed by atoms with Crippen LogP contribution in [0.15, 0.2) is 60.7 Å². The molecular weight excluding hydrogens is 430 g/mol. The Morgan fingerprint density at radius 3 is 1.76 bits per heavy atom. The summed E-state index contributed by atoms with van der Waals surface area (Å²) in [7, 11) is 1.04. The smallest absolute Gasteiger partial charge is 0.465 e. The summed E-state index contributed by atoms with van der Waals surface area (Å²) in [6.07, 6.45) is -2.27. The summed E-state index contributed by atoms with van der Waals surface area (Å²) in [5, 5.41) is 10.2. The predicted octanol–water partition coefficient (Wildman–Crippen LogP) is 3.64. The molecule has 0 aliphatic rings. The molecule has 0 unspecified atom stereocenters. The zero-order valence-electron chi connectivity index (χ0n) is 19.1. The third-order valence-corrected chi connectivity index (χ3v) is 4.59. The molecule has 0 aliphatic carbocycles. The van der Waals surface area contributed by atoms with Gasteiger partial charge in [0.25, 0.3) is 0 Å².